The highest BCUT2D eigenvalue weighted by Gasteiger charge is 2.33. The fourth-order valence-corrected chi connectivity index (χ4v) is 4.36. The predicted molar refractivity (Wildman–Crippen MR) is 79.5 cm³/mol. The average Bonchev–Trinajstić information content (AvgIpc) is 2.88. The third-order valence-corrected chi connectivity index (χ3v) is 5.74. The van der Waals surface area contributed by atoms with E-state index in [0.29, 0.717) is 24.6 Å². The summed E-state index contributed by atoms with van der Waals surface area (Å²) >= 11 is 4.93. The van der Waals surface area contributed by atoms with E-state index >= 15 is 0 Å². The molecule has 2 rings (SSSR count). The number of nitrogens with two attached hydrogens (primary N) is 1. The third kappa shape index (κ3) is 2.80. The highest BCUT2D eigenvalue weighted by atomic mass is 32.2. The van der Waals surface area contributed by atoms with E-state index in [1.165, 1.54) is 4.31 Å². The molecule has 104 valence electrons. The van der Waals surface area contributed by atoms with Crippen molar-refractivity contribution >= 4 is 27.2 Å². The van der Waals surface area contributed by atoms with E-state index in [-0.39, 0.29) is 9.88 Å². The minimum Gasteiger partial charge on any atom is -0.389 e. The zero-order valence-corrected chi connectivity index (χ0v) is 12.5. The molecule has 1 aliphatic heterocycles. The first-order valence-electron chi connectivity index (χ1n) is 6.35. The van der Waals surface area contributed by atoms with Crippen LogP contribution in [0.5, 0.6) is 0 Å². The lowest BCUT2D eigenvalue weighted by Gasteiger charge is -2.18. The van der Waals surface area contributed by atoms with Gasteiger partial charge in [0.2, 0.25) is 10.0 Å². The number of sulfonamides is 1. The first kappa shape index (κ1) is 14.4. The predicted octanol–water partition coefficient (Wildman–Crippen LogP) is 1.74. The van der Waals surface area contributed by atoms with Gasteiger partial charge in [-0.2, -0.15) is 4.31 Å². The van der Waals surface area contributed by atoms with Crippen LogP contribution in [0.4, 0.5) is 0 Å². The van der Waals surface area contributed by atoms with E-state index < -0.39 is 10.0 Å². The van der Waals surface area contributed by atoms with E-state index in [9.17, 15) is 8.42 Å². The molecule has 4 nitrogen and oxygen atoms in total. The molecule has 0 bridgehead atoms. The lowest BCUT2D eigenvalue weighted by Crippen LogP contribution is -2.30. The summed E-state index contributed by atoms with van der Waals surface area (Å²) in [6.07, 6.45) is 1.92. The molecular formula is C13H18N2O2S2. The molecule has 0 aromatic heterocycles. The van der Waals surface area contributed by atoms with Crippen molar-refractivity contribution in [1.82, 2.24) is 4.31 Å². The molecule has 2 N–H and O–H groups in total. The van der Waals surface area contributed by atoms with Crippen LogP contribution < -0.4 is 5.73 Å². The number of hydrogen-bond donors (Lipinski definition) is 1. The van der Waals surface area contributed by atoms with Gasteiger partial charge in [0.25, 0.3) is 0 Å². The quantitative estimate of drug-likeness (QED) is 0.860. The molecule has 19 heavy (non-hydrogen) atoms. The van der Waals surface area contributed by atoms with E-state index in [2.05, 4.69) is 6.92 Å². The number of hydrogen-bond acceptors (Lipinski definition) is 3. The smallest absolute Gasteiger partial charge is 0.243 e. The van der Waals surface area contributed by atoms with Crippen LogP contribution >= 0.6 is 12.2 Å². The van der Waals surface area contributed by atoms with E-state index in [0.717, 1.165) is 12.8 Å². The molecule has 1 aromatic rings. The van der Waals surface area contributed by atoms with Crippen LogP contribution in [0.1, 0.15) is 25.3 Å². The van der Waals surface area contributed by atoms with E-state index in [4.69, 9.17) is 18.0 Å². The molecular weight excluding hydrogens is 280 g/mol. The van der Waals surface area contributed by atoms with Gasteiger partial charge < -0.3 is 5.73 Å². The second kappa shape index (κ2) is 5.56. The summed E-state index contributed by atoms with van der Waals surface area (Å²) in [6, 6.07) is 6.67. The highest BCUT2D eigenvalue weighted by Crippen LogP contribution is 2.27. The molecule has 0 amide bonds. The van der Waals surface area contributed by atoms with Gasteiger partial charge in [-0.25, -0.2) is 8.42 Å². The lowest BCUT2D eigenvalue weighted by molar-refractivity contribution is 0.453. The van der Waals surface area contributed by atoms with Crippen LogP contribution in [0.15, 0.2) is 29.2 Å². The second-order valence-electron chi connectivity index (χ2n) is 4.79. The number of nitrogens with zero attached hydrogens (tertiary/aromatic N) is 1. The van der Waals surface area contributed by atoms with Gasteiger partial charge >= 0.3 is 0 Å². The molecule has 1 unspecified atom stereocenters. The number of benzene rings is 1. The molecule has 6 heteroatoms. The summed E-state index contributed by atoms with van der Waals surface area (Å²) in [5, 5.41) is 0. The maximum atomic E-state index is 12.6. The first-order chi connectivity index (χ1) is 8.96. The largest absolute Gasteiger partial charge is 0.389 e. The van der Waals surface area contributed by atoms with Gasteiger partial charge in [-0.1, -0.05) is 43.8 Å². The van der Waals surface area contributed by atoms with Crippen molar-refractivity contribution in [2.45, 2.75) is 24.7 Å². The van der Waals surface area contributed by atoms with Crippen LogP contribution in [0.2, 0.25) is 0 Å². The molecule has 0 spiro atoms. The Morgan fingerprint density at radius 2 is 2.16 bits per heavy atom. The Labute approximate surface area is 119 Å². The van der Waals surface area contributed by atoms with Crippen molar-refractivity contribution in [3.8, 4) is 0 Å². The summed E-state index contributed by atoms with van der Waals surface area (Å²) < 4.78 is 26.8. The maximum absolute atomic E-state index is 12.6. The molecule has 1 heterocycles. The Morgan fingerprint density at radius 1 is 1.47 bits per heavy atom. The third-order valence-electron chi connectivity index (χ3n) is 3.60. The van der Waals surface area contributed by atoms with E-state index in [1.807, 2.05) is 0 Å². The molecule has 1 fully saturated rings. The topological polar surface area (TPSA) is 63.4 Å². The molecule has 1 saturated heterocycles. The van der Waals surface area contributed by atoms with Gasteiger partial charge in [-0.3, -0.25) is 0 Å². The number of rotatable bonds is 4. The molecule has 0 saturated carbocycles. The fourth-order valence-electron chi connectivity index (χ4n) is 2.38. The van der Waals surface area contributed by atoms with E-state index in [1.54, 1.807) is 24.3 Å². The van der Waals surface area contributed by atoms with Crippen molar-refractivity contribution in [2.75, 3.05) is 13.1 Å². The summed E-state index contributed by atoms with van der Waals surface area (Å²) in [7, 11) is -3.49. The minimum atomic E-state index is -3.49. The Kier molecular flexibility index (Phi) is 4.23. The summed E-state index contributed by atoms with van der Waals surface area (Å²) in [5.74, 6) is 0.451. The maximum Gasteiger partial charge on any atom is 0.243 e. The van der Waals surface area contributed by atoms with Crippen LogP contribution in [0.25, 0.3) is 0 Å². The van der Waals surface area contributed by atoms with Crippen molar-refractivity contribution in [1.29, 1.82) is 0 Å². The highest BCUT2D eigenvalue weighted by molar-refractivity contribution is 7.89. The molecule has 0 radical (unpaired) electrons. The molecule has 1 aromatic carbocycles. The van der Waals surface area contributed by atoms with Gasteiger partial charge in [0, 0.05) is 18.7 Å². The van der Waals surface area contributed by atoms with Gasteiger partial charge in [0.05, 0.1) is 4.90 Å². The normalized spacial score (nSPS) is 20.6. The fraction of sp³-hybridized carbons (Fsp3) is 0.462. The molecule has 1 aliphatic rings. The summed E-state index contributed by atoms with van der Waals surface area (Å²) in [4.78, 5) is 0.338. The summed E-state index contributed by atoms with van der Waals surface area (Å²) in [5.41, 5.74) is 6.04. The standard InChI is InChI=1S/C13H18N2O2S2/c1-2-10-7-8-15(9-10)19(16,17)12-6-4-3-5-11(12)13(14)18/h3-6,10H,2,7-9H2,1H3,(H2,14,18). The van der Waals surface area contributed by atoms with Gasteiger partial charge in [0.1, 0.15) is 4.99 Å². The van der Waals surface area contributed by atoms with Crippen LogP contribution in [-0.2, 0) is 10.0 Å². The van der Waals surface area contributed by atoms with Crippen LogP contribution in [-0.4, -0.2) is 30.8 Å². The van der Waals surface area contributed by atoms with Gasteiger partial charge in [0.15, 0.2) is 0 Å². The van der Waals surface area contributed by atoms with Crippen molar-refractivity contribution in [3.05, 3.63) is 29.8 Å². The SMILES string of the molecule is CCC1CCN(S(=O)(=O)c2ccccc2C(N)=S)C1. The zero-order chi connectivity index (χ0) is 14.0. The molecule has 1 atom stereocenters. The monoisotopic (exact) mass is 298 g/mol. The zero-order valence-electron chi connectivity index (χ0n) is 10.9. The van der Waals surface area contributed by atoms with Crippen molar-refractivity contribution in [3.63, 3.8) is 0 Å². The average molecular weight is 298 g/mol. The van der Waals surface area contributed by atoms with Crippen molar-refractivity contribution in [2.24, 2.45) is 11.7 Å². The summed E-state index contributed by atoms with van der Waals surface area (Å²) in [6.45, 7) is 3.25. The van der Waals surface area contributed by atoms with Crippen LogP contribution in [0.3, 0.4) is 0 Å². The second-order valence-corrected chi connectivity index (χ2v) is 7.13. The molecule has 0 aliphatic carbocycles. The Hall–Kier alpha value is -0.980. The first-order valence-corrected chi connectivity index (χ1v) is 8.20. The van der Waals surface area contributed by atoms with Gasteiger partial charge in [-0.15, -0.1) is 0 Å². The lowest BCUT2D eigenvalue weighted by atomic mass is 10.1. The Morgan fingerprint density at radius 3 is 2.74 bits per heavy atom. The Balaban J connectivity index is 2.38. The minimum absolute atomic E-state index is 0.116. The number of thiocarbonyl (C=S) groups is 1. The van der Waals surface area contributed by atoms with Gasteiger partial charge in [-0.05, 0) is 18.4 Å². The van der Waals surface area contributed by atoms with Crippen molar-refractivity contribution < 1.29 is 8.42 Å². The Bertz CT molecular complexity index is 584. The van der Waals surface area contributed by atoms with Crippen LogP contribution in [0, 0.1) is 5.92 Å².